The van der Waals surface area contributed by atoms with Crippen LogP contribution in [0.1, 0.15) is 19.8 Å². The molecule has 1 aliphatic heterocycles. The molecule has 1 fully saturated rings. The Hall–Kier alpha value is -1.95. The number of piperidine rings is 1. The maximum Gasteiger partial charge on any atom is 0.186 e. The zero-order valence-corrected chi connectivity index (χ0v) is 12.8. The number of aromatic nitrogens is 4. The second kappa shape index (κ2) is 5.11. The number of hydrogen-bond acceptors (Lipinski definition) is 5. The fourth-order valence-corrected chi connectivity index (χ4v) is 3.55. The summed E-state index contributed by atoms with van der Waals surface area (Å²) in [7, 11) is 0. The first-order valence-corrected chi connectivity index (χ1v) is 8.25. The zero-order valence-electron chi connectivity index (χ0n) is 11.9. The fourth-order valence-electron chi connectivity index (χ4n) is 2.92. The van der Waals surface area contributed by atoms with E-state index in [0.717, 1.165) is 41.9 Å². The van der Waals surface area contributed by atoms with Crippen molar-refractivity contribution in [1.82, 2.24) is 19.8 Å². The minimum atomic E-state index is 0.730. The molecule has 4 heterocycles. The minimum Gasteiger partial charge on any atom is -0.355 e. The Balaban J connectivity index is 1.76. The van der Waals surface area contributed by atoms with E-state index in [1.165, 1.54) is 12.8 Å². The van der Waals surface area contributed by atoms with Gasteiger partial charge in [-0.1, -0.05) is 6.92 Å². The van der Waals surface area contributed by atoms with Gasteiger partial charge in [-0.3, -0.25) is 0 Å². The first-order valence-electron chi connectivity index (χ1n) is 7.31. The SMILES string of the molecule is CC1CCCN(c2ccc3nnc(-c4ccsc4)n3n2)C1. The Labute approximate surface area is 127 Å². The van der Waals surface area contributed by atoms with Crippen molar-refractivity contribution in [3.63, 3.8) is 0 Å². The lowest BCUT2D eigenvalue weighted by Crippen LogP contribution is -2.35. The smallest absolute Gasteiger partial charge is 0.186 e. The zero-order chi connectivity index (χ0) is 14.2. The van der Waals surface area contributed by atoms with Crippen LogP contribution in [0.3, 0.4) is 0 Å². The van der Waals surface area contributed by atoms with Gasteiger partial charge in [-0.25, -0.2) is 0 Å². The average molecular weight is 299 g/mol. The molecule has 0 N–H and O–H groups in total. The molecule has 0 aliphatic carbocycles. The van der Waals surface area contributed by atoms with E-state index < -0.39 is 0 Å². The van der Waals surface area contributed by atoms with Crippen molar-refractivity contribution < 1.29 is 0 Å². The van der Waals surface area contributed by atoms with E-state index in [9.17, 15) is 0 Å². The number of thiophene rings is 1. The molecular weight excluding hydrogens is 282 g/mol. The number of anilines is 1. The average Bonchev–Trinajstić information content (AvgIpc) is 3.15. The molecule has 4 rings (SSSR count). The van der Waals surface area contributed by atoms with Crippen molar-refractivity contribution in [3.05, 3.63) is 29.0 Å². The first-order chi connectivity index (χ1) is 10.3. The van der Waals surface area contributed by atoms with Gasteiger partial charge in [0.1, 0.15) is 5.82 Å². The summed E-state index contributed by atoms with van der Waals surface area (Å²) in [6, 6.07) is 6.11. The van der Waals surface area contributed by atoms with Crippen LogP contribution in [0.25, 0.3) is 17.0 Å². The standard InChI is InChI=1S/C15H17N5S/c1-11-3-2-7-19(9-11)14-5-4-13-16-17-15(20(13)18-14)12-6-8-21-10-12/h4-6,8,10-11H,2-3,7,9H2,1H3. The fraction of sp³-hybridized carbons (Fsp3) is 0.400. The Bertz CT molecular complexity index is 749. The van der Waals surface area contributed by atoms with Gasteiger partial charge in [-0.15, -0.1) is 15.3 Å². The van der Waals surface area contributed by atoms with Crippen molar-refractivity contribution in [2.75, 3.05) is 18.0 Å². The van der Waals surface area contributed by atoms with Crippen LogP contribution in [0, 0.1) is 5.92 Å². The molecular formula is C15H17N5S. The van der Waals surface area contributed by atoms with Gasteiger partial charge in [0.15, 0.2) is 11.5 Å². The summed E-state index contributed by atoms with van der Waals surface area (Å²) in [6.07, 6.45) is 2.55. The van der Waals surface area contributed by atoms with E-state index in [1.807, 2.05) is 16.0 Å². The molecule has 108 valence electrons. The van der Waals surface area contributed by atoms with Gasteiger partial charge < -0.3 is 4.90 Å². The molecule has 5 nitrogen and oxygen atoms in total. The van der Waals surface area contributed by atoms with Crippen molar-refractivity contribution in [2.45, 2.75) is 19.8 Å². The van der Waals surface area contributed by atoms with E-state index in [4.69, 9.17) is 5.10 Å². The summed E-state index contributed by atoms with van der Waals surface area (Å²) in [5, 5.41) is 17.4. The summed E-state index contributed by atoms with van der Waals surface area (Å²) >= 11 is 1.66. The molecule has 1 unspecified atom stereocenters. The molecule has 0 radical (unpaired) electrons. The second-order valence-electron chi connectivity index (χ2n) is 5.69. The topological polar surface area (TPSA) is 46.3 Å². The minimum absolute atomic E-state index is 0.730. The number of hydrogen-bond donors (Lipinski definition) is 0. The van der Waals surface area contributed by atoms with Gasteiger partial charge in [0.05, 0.1) is 0 Å². The van der Waals surface area contributed by atoms with Crippen LogP contribution in [0.15, 0.2) is 29.0 Å². The molecule has 1 aliphatic rings. The second-order valence-corrected chi connectivity index (χ2v) is 6.47. The summed E-state index contributed by atoms with van der Waals surface area (Å²) in [5.74, 6) is 2.57. The van der Waals surface area contributed by atoms with Gasteiger partial charge in [0.25, 0.3) is 0 Å². The van der Waals surface area contributed by atoms with Crippen LogP contribution >= 0.6 is 11.3 Å². The third kappa shape index (κ3) is 2.29. The van der Waals surface area contributed by atoms with Crippen LogP contribution in [-0.2, 0) is 0 Å². The van der Waals surface area contributed by atoms with E-state index in [1.54, 1.807) is 11.3 Å². The Morgan fingerprint density at radius 3 is 3.00 bits per heavy atom. The lowest BCUT2D eigenvalue weighted by Gasteiger charge is -2.31. The van der Waals surface area contributed by atoms with Gasteiger partial charge >= 0.3 is 0 Å². The monoisotopic (exact) mass is 299 g/mol. The molecule has 0 saturated carbocycles. The van der Waals surface area contributed by atoms with Gasteiger partial charge in [-0.2, -0.15) is 15.9 Å². The maximum absolute atomic E-state index is 4.77. The van der Waals surface area contributed by atoms with Gasteiger partial charge in [0, 0.05) is 24.0 Å². The first kappa shape index (κ1) is 12.8. The number of nitrogens with zero attached hydrogens (tertiary/aromatic N) is 5. The van der Waals surface area contributed by atoms with Crippen LogP contribution in [0.4, 0.5) is 5.82 Å². The van der Waals surface area contributed by atoms with Gasteiger partial charge in [-0.05, 0) is 42.3 Å². The van der Waals surface area contributed by atoms with E-state index >= 15 is 0 Å². The third-order valence-corrected chi connectivity index (χ3v) is 4.69. The van der Waals surface area contributed by atoms with Gasteiger partial charge in [0.2, 0.25) is 0 Å². The van der Waals surface area contributed by atoms with Crippen LogP contribution < -0.4 is 4.90 Å². The lowest BCUT2D eigenvalue weighted by molar-refractivity contribution is 0.443. The molecule has 6 heteroatoms. The van der Waals surface area contributed by atoms with Crippen LogP contribution in [-0.4, -0.2) is 32.9 Å². The Kier molecular flexibility index (Phi) is 3.11. The van der Waals surface area contributed by atoms with Crippen molar-refractivity contribution in [3.8, 4) is 11.4 Å². The van der Waals surface area contributed by atoms with E-state index in [2.05, 4.69) is 39.5 Å². The van der Waals surface area contributed by atoms with Crippen molar-refractivity contribution in [2.24, 2.45) is 5.92 Å². The highest BCUT2D eigenvalue weighted by molar-refractivity contribution is 7.08. The predicted octanol–water partition coefficient (Wildman–Crippen LogP) is 3.09. The molecule has 21 heavy (non-hydrogen) atoms. The Morgan fingerprint density at radius 1 is 1.24 bits per heavy atom. The molecule has 1 atom stereocenters. The molecule has 0 spiro atoms. The highest BCUT2D eigenvalue weighted by atomic mass is 32.1. The summed E-state index contributed by atoms with van der Waals surface area (Å²) in [5.41, 5.74) is 1.87. The highest BCUT2D eigenvalue weighted by Gasteiger charge is 2.19. The summed E-state index contributed by atoms with van der Waals surface area (Å²) in [4.78, 5) is 2.37. The molecule has 1 saturated heterocycles. The molecule has 0 bridgehead atoms. The van der Waals surface area contributed by atoms with Crippen molar-refractivity contribution >= 4 is 22.8 Å². The summed E-state index contributed by atoms with van der Waals surface area (Å²) in [6.45, 7) is 4.47. The summed E-state index contributed by atoms with van der Waals surface area (Å²) < 4.78 is 1.86. The van der Waals surface area contributed by atoms with Crippen LogP contribution in [0.5, 0.6) is 0 Å². The normalized spacial score (nSPS) is 19.3. The number of rotatable bonds is 2. The quantitative estimate of drug-likeness (QED) is 0.729. The van der Waals surface area contributed by atoms with E-state index in [0.29, 0.717) is 0 Å². The van der Waals surface area contributed by atoms with Crippen molar-refractivity contribution in [1.29, 1.82) is 0 Å². The largest absolute Gasteiger partial charge is 0.355 e. The van der Waals surface area contributed by atoms with E-state index in [-0.39, 0.29) is 0 Å². The highest BCUT2D eigenvalue weighted by Crippen LogP contribution is 2.24. The third-order valence-electron chi connectivity index (χ3n) is 4.01. The molecule has 3 aromatic rings. The molecule has 0 amide bonds. The Morgan fingerprint density at radius 2 is 2.19 bits per heavy atom. The van der Waals surface area contributed by atoms with Crippen LogP contribution in [0.2, 0.25) is 0 Å². The maximum atomic E-state index is 4.77. The molecule has 3 aromatic heterocycles. The molecule has 0 aromatic carbocycles. The number of fused-ring (bicyclic) bond motifs is 1. The predicted molar refractivity (Wildman–Crippen MR) is 84.7 cm³/mol. The lowest BCUT2D eigenvalue weighted by atomic mass is 10.0.